The molecular formula is C14H17FO3. The largest absolute Gasteiger partial charge is 0.497 e. The molecule has 0 amide bonds. The van der Waals surface area contributed by atoms with Crippen molar-refractivity contribution in [3.05, 3.63) is 41.7 Å². The van der Waals surface area contributed by atoms with Crippen LogP contribution in [0.3, 0.4) is 0 Å². The van der Waals surface area contributed by atoms with Crippen LogP contribution in [0.1, 0.15) is 25.8 Å². The molecule has 0 saturated carbocycles. The van der Waals surface area contributed by atoms with Gasteiger partial charge in [0.25, 0.3) is 0 Å². The van der Waals surface area contributed by atoms with E-state index in [4.69, 9.17) is 9.84 Å². The van der Waals surface area contributed by atoms with E-state index >= 15 is 0 Å². The number of carbonyl (C=O) groups is 1. The van der Waals surface area contributed by atoms with Gasteiger partial charge in [0.05, 0.1) is 7.11 Å². The number of benzene rings is 1. The van der Waals surface area contributed by atoms with E-state index in [9.17, 15) is 9.18 Å². The molecule has 1 rings (SSSR count). The molecule has 0 aliphatic heterocycles. The molecule has 1 atom stereocenters. The fraction of sp³-hybridized carbons (Fsp3) is 0.357. The highest BCUT2D eigenvalue weighted by Gasteiger charge is 2.25. The minimum Gasteiger partial charge on any atom is -0.497 e. The number of halogens is 1. The Bertz CT molecular complexity index is 468. The SMILES string of the molecule is CCC(C)(C=C(F)C(=O)O)c1cccc(OC)c1. The number of hydrogen-bond acceptors (Lipinski definition) is 2. The van der Waals surface area contributed by atoms with Gasteiger partial charge >= 0.3 is 5.97 Å². The molecule has 0 aliphatic rings. The van der Waals surface area contributed by atoms with E-state index in [1.165, 1.54) is 0 Å². The van der Waals surface area contributed by atoms with Crippen LogP contribution in [-0.2, 0) is 10.2 Å². The molecule has 0 bridgehead atoms. The van der Waals surface area contributed by atoms with Crippen molar-refractivity contribution in [1.29, 1.82) is 0 Å². The molecule has 0 aliphatic carbocycles. The molecule has 0 spiro atoms. The second kappa shape index (κ2) is 5.67. The molecule has 1 aromatic carbocycles. The molecule has 1 aromatic rings. The minimum atomic E-state index is -1.54. The molecule has 18 heavy (non-hydrogen) atoms. The third-order valence-corrected chi connectivity index (χ3v) is 3.11. The Hall–Kier alpha value is -1.84. The lowest BCUT2D eigenvalue weighted by molar-refractivity contribution is -0.134. The smallest absolute Gasteiger partial charge is 0.364 e. The van der Waals surface area contributed by atoms with E-state index in [0.29, 0.717) is 12.2 Å². The molecule has 4 heteroatoms. The highest BCUT2D eigenvalue weighted by atomic mass is 19.1. The highest BCUT2D eigenvalue weighted by molar-refractivity contribution is 5.84. The van der Waals surface area contributed by atoms with Crippen LogP contribution < -0.4 is 4.74 Å². The van der Waals surface area contributed by atoms with E-state index in [1.54, 1.807) is 32.2 Å². The number of ether oxygens (including phenoxy) is 1. The lowest BCUT2D eigenvalue weighted by Crippen LogP contribution is -2.19. The number of hydrogen-bond donors (Lipinski definition) is 1. The maximum atomic E-state index is 13.3. The highest BCUT2D eigenvalue weighted by Crippen LogP contribution is 2.32. The van der Waals surface area contributed by atoms with Gasteiger partial charge in [0.15, 0.2) is 0 Å². The van der Waals surface area contributed by atoms with Crippen molar-refractivity contribution in [2.75, 3.05) is 7.11 Å². The van der Waals surface area contributed by atoms with Gasteiger partial charge in [-0.1, -0.05) is 26.0 Å². The number of aliphatic carboxylic acids is 1. The number of rotatable bonds is 5. The van der Waals surface area contributed by atoms with Crippen LogP contribution in [0.4, 0.5) is 4.39 Å². The second-order valence-electron chi connectivity index (χ2n) is 4.30. The Morgan fingerprint density at radius 3 is 2.72 bits per heavy atom. The van der Waals surface area contributed by atoms with Gasteiger partial charge in [-0.3, -0.25) is 0 Å². The maximum absolute atomic E-state index is 13.3. The molecule has 3 nitrogen and oxygen atoms in total. The Balaban J connectivity index is 3.22. The molecular weight excluding hydrogens is 235 g/mol. The van der Waals surface area contributed by atoms with Gasteiger partial charge in [0.1, 0.15) is 5.75 Å². The normalized spacial score (nSPS) is 15.0. The summed E-state index contributed by atoms with van der Waals surface area (Å²) in [5.74, 6) is -2.02. The summed E-state index contributed by atoms with van der Waals surface area (Å²) in [7, 11) is 1.55. The standard InChI is InChI=1S/C14H17FO3/c1-4-14(2,9-12(15)13(16)17)10-6-5-7-11(8-10)18-3/h5-9H,4H2,1-3H3,(H,16,17). The zero-order valence-corrected chi connectivity index (χ0v) is 10.7. The topological polar surface area (TPSA) is 46.5 Å². The molecule has 1 unspecified atom stereocenters. The van der Waals surface area contributed by atoms with E-state index in [0.717, 1.165) is 11.6 Å². The molecule has 0 heterocycles. The van der Waals surface area contributed by atoms with Crippen molar-refractivity contribution < 1.29 is 19.0 Å². The summed E-state index contributed by atoms with van der Waals surface area (Å²) in [5.41, 5.74) is 0.151. The van der Waals surface area contributed by atoms with E-state index in [1.807, 2.05) is 13.0 Å². The summed E-state index contributed by atoms with van der Waals surface area (Å²) in [4.78, 5) is 10.6. The molecule has 0 fully saturated rings. The van der Waals surface area contributed by atoms with Crippen molar-refractivity contribution >= 4 is 5.97 Å². The fourth-order valence-electron chi connectivity index (χ4n) is 1.71. The predicted molar refractivity (Wildman–Crippen MR) is 67.5 cm³/mol. The lowest BCUT2D eigenvalue weighted by atomic mass is 9.79. The van der Waals surface area contributed by atoms with Gasteiger partial charge in [-0.2, -0.15) is 4.39 Å². The predicted octanol–water partition coefficient (Wildman–Crippen LogP) is 3.30. The first-order chi connectivity index (χ1) is 8.42. The van der Waals surface area contributed by atoms with Crippen LogP contribution in [0, 0.1) is 0 Å². The van der Waals surface area contributed by atoms with Crippen LogP contribution in [0.5, 0.6) is 5.75 Å². The minimum absolute atomic E-state index is 0.584. The van der Waals surface area contributed by atoms with Crippen molar-refractivity contribution in [3.63, 3.8) is 0 Å². The van der Waals surface area contributed by atoms with Crippen LogP contribution in [0.25, 0.3) is 0 Å². The molecule has 1 N–H and O–H groups in total. The van der Waals surface area contributed by atoms with Crippen LogP contribution in [-0.4, -0.2) is 18.2 Å². The summed E-state index contributed by atoms with van der Waals surface area (Å²) in [6.07, 6.45) is 1.73. The Morgan fingerprint density at radius 2 is 2.22 bits per heavy atom. The van der Waals surface area contributed by atoms with Gasteiger partial charge in [0.2, 0.25) is 5.83 Å². The van der Waals surface area contributed by atoms with Crippen LogP contribution >= 0.6 is 0 Å². The van der Waals surface area contributed by atoms with Gasteiger partial charge in [-0.05, 0) is 30.2 Å². The average molecular weight is 252 g/mol. The Labute approximate surface area is 106 Å². The van der Waals surface area contributed by atoms with Crippen molar-refractivity contribution in [3.8, 4) is 5.75 Å². The van der Waals surface area contributed by atoms with E-state index in [2.05, 4.69) is 0 Å². The van der Waals surface area contributed by atoms with Gasteiger partial charge in [-0.15, -0.1) is 0 Å². The van der Waals surface area contributed by atoms with E-state index in [-0.39, 0.29) is 0 Å². The number of allylic oxidation sites excluding steroid dienone is 1. The van der Waals surface area contributed by atoms with Crippen LogP contribution in [0.2, 0.25) is 0 Å². The molecule has 0 aromatic heterocycles. The average Bonchev–Trinajstić information content (AvgIpc) is 2.38. The second-order valence-corrected chi connectivity index (χ2v) is 4.30. The van der Waals surface area contributed by atoms with Crippen molar-refractivity contribution in [2.24, 2.45) is 0 Å². The zero-order valence-electron chi connectivity index (χ0n) is 10.7. The maximum Gasteiger partial charge on any atom is 0.364 e. The molecule has 0 radical (unpaired) electrons. The summed E-state index contributed by atoms with van der Waals surface area (Å²) in [6, 6.07) is 7.21. The van der Waals surface area contributed by atoms with Crippen molar-refractivity contribution in [2.45, 2.75) is 25.7 Å². The molecule has 0 saturated heterocycles. The van der Waals surface area contributed by atoms with Gasteiger partial charge < -0.3 is 9.84 Å². The van der Waals surface area contributed by atoms with Crippen molar-refractivity contribution in [1.82, 2.24) is 0 Å². The Kier molecular flexibility index (Phi) is 4.48. The van der Waals surface area contributed by atoms with Gasteiger partial charge in [-0.25, -0.2) is 4.79 Å². The summed E-state index contributed by atoms with van der Waals surface area (Å²) < 4.78 is 18.4. The number of carboxylic acids is 1. The van der Waals surface area contributed by atoms with Crippen LogP contribution in [0.15, 0.2) is 36.2 Å². The summed E-state index contributed by atoms with van der Waals surface area (Å²) in [5, 5.41) is 8.62. The number of methoxy groups -OCH3 is 1. The van der Waals surface area contributed by atoms with E-state index < -0.39 is 17.2 Å². The van der Waals surface area contributed by atoms with Gasteiger partial charge in [0, 0.05) is 5.41 Å². The number of carboxylic acid groups (broad SMARTS) is 1. The third-order valence-electron chi connectivity index (χ3n) is 3.11. The first-order valence-corrected chi connectivity index (χ1v) is 5.69. The first-order valence-electron chi connectivity index (χ1n) is 5.69. The fourth-order valence-corrected chi connectivity index (χ4v) is 1.71. The first kappa shape index (κ1) is 14.2. The quantitative estimate of drug-likeness (QED) is 0.818. The lowest BCUT2D eigenvalue weighted by Gasteiger charge is -2.25. The zero-order chi connectivity index (χ0) is 13.8. The Morgan fingerprint density at radius 1 is 1.56 bits per heavy atom. The summed E-state index contributed by atoms with van der Waals surface area (Å²) in [6.45, 7) is 3.68. The third kappa shape index (κ3) is 3.09. The molecule has 98 valence electrons. The summed E-state index contributed by atoms with van der Waals surface area (Å²) >= 11 is 0. The monoisotopic (exact) mass is 252 g/mol.